The van der Waals surface area contributed by atoms with Crippen molar-refractivity contribution >= 4 is 0 Å². The zero-order chi connectivity index (χ0) is 21.5. The van der Waals surface area contributed by atoms with Crippen molar-refractivity contribution in [3.63, 3.8) is 0 Å². The normalized spacial score (nSPS) is 11.9. The van der Waals surface area contributed by atoms with Crippen LogP contribution in [0.15, 0.2) is 103 Å². The van der Waals surface area contributed by atoms with Gasteiger partial charge in [0, 0.05) is 5.92 Å². The molecule has 0 spiro atoms. The molecule has 0 aliphatic heterocycles. The molecule has 0 aliphatic rings. The smallest absolute Gasteiger partial charge is 0.00610 e. The molecule has 0 amide bonds. The molecule has 0 aliphatic carbocycles. The maximum Gasteiger partial charge on any atom is 0.00610 e. The molecule has 0 N–H and O–H groups in total. The van der Waals surface area contributed by atoms with Gasteiger partial charge in [-0.25, -0.2) is 0 Å². The molecule has 31 heavy (non-hydrogen) atoms. The van der Waals surface area contributed by atoms with Gasteiger partial charge in [0.15, 0.2) is 0 Å². The Bertz CT molecular complexity index is 1060. The van der Waals surface area contributed by atoms with Gasteiger partial charge in [0.1, 0.15) is 0 Å². The summed E-state index contributed by atoms with van der Waals surface area (Å²) >= 11 is 0. The van der Waals surface area contributed by atoms with Crippen molar-refractivity contribution < 1.29 is 0 Å². The molecular weight excluding hydrogens is 372 g/mol. The Balaban J connectivity index is 1.29. The van der Waals surface area contributed by atoms with Gasteiger partial charge in [-0.2, -0.15) is 0 Å². The molecule has 0 radical (unpaired) electrons. The molecule has 1 atom stereocenters. The highest BCUT2D eigenvalue weighted by Gasteiger charge is 2.08. The van der Waals surface area contributed by atoms with E-state index in [0.29, 0.717) is 5.92 Å². The molecule has 156 valence electrons. The number of hydrogen-bond donors (Lipinski definition) is 0. The molecule has 0 aromatic heterocycles. The first kappa shape index (κ1) is 21.1. The van der Waals surface area contributed by atoms with E-state index in [-0.39, 0.29) is 0 Å². The van der Waals surface area contributed by atoms with E-state index in [0.717, 1.165) is 25.7 Å². The van der Waals surface area contributed by atoms with Crippen LogP contribution in [0.2, 0.25) is 0 Å². The maximum absolute atomic E-state index is 2.30. The molecule has 0 nitrogen and oxygen atoms in total. The number of aryl methyl sites for hydroxylation is 5. The van der Waals surface area contributed by atoms with Crippen molar-refractivity contribution in [2.75, 3.05) is 0 Å². The molecule has 0 bridgehead atoms. The Morgan fingerprint density at radius 2 is 0.806 bits per heavy atom. The van der Waals surface area contributed by atoms with E-state index in [1.165, 1.54) is 38.9 Å². The van der Waals surface area contributed by atoms with Crippen LogP contribution < -0.4 is 0 Å². The largest absolute Gasteiger partial charge is 0.0622 e. The molecule has 1 unspecified atom stereocenters. The van der Waals surface area contributed by atoms with Crippen molar-refractivity contribution in [2.45, 2.75) is 45.4 Å². The Morgan fingerprint density at radius 1 is 0.452 bits per heavy atom. The molecule has 0 heterocycles. The molecule has 0 saturated heterocycles. The van der Waals surface area contributed by atoms with Crippen LogP contribution in [0.25, 0.3) is 0 Å². The van der Waals surface area contributed by atoms with E-state index in [9.17, 15) is 0 Å². The predicted octanol–water partition coefficient (Wildman–Crippen LogP) is 7.72. The lowest BCUT2D eigenvalue weighted by atomic mass is 9.91. The summed E-state index contributed by atoms with van der Waals surface area (Å²) in [4.78, 5) is 0. The molecule has 0 heteroatoms. The van der Waals surface area contributed by atoms with Gasteiger partial charge in [-0.3, -0.25) is 0 Å². The highest BCUT2D eigenvalue weighted by molar-refractivity contribution is 5.35. The molecule has 4 rings (SSSR count). The first-order valence-electron chi connectivity index (χ1n) is 11.4. The fourth-order valence-corrected chi connectivity index (χ4v) is 4.12. The standard InChI is InChI=1S/C31H32/c1-24-8-20-30(21-9-24)25(2)31-22-18-29(19-23-31)17-16-28-14-12-27(13-15-28)11-10-26-6-4-3-5-7-26/h3-9,12-15,18-23,25H,10-11,16-17H2,1-2H3. The fraction of sp³-hybridized carbons (Fsp3) is 0.226. The summed E-state index contributed by atoms with van der Waals surface area (Å²) in [5.41, 5.74) is 9.74. The van der Waals surface area contributed by atoms with Crippen LogP contribution >= 0.6 is 0 Å². The summed E-state index contributed by atoms with van der Waals surface area (Å²) in [5, 5.41) is 0. The molecule has 0 saturated carbocycles. The Morgan fingerprint density at radius 3 is 1.26 bits per heavy atom. The second kappa shape index (κ2) is 10.3. The predicted molar refractivity (Wildman–Crippen MR) is 133 cm³/mol. The van der Waals surface area contributed by atoms with Crippen LogP contribution in [0.5, 0.6) is 0 Å². The minimum atomic E-state index is 0.429. The Kier molecular flexibility index (Phi) is 6.99. The highest BCUT2D eigenvalue weighted by Crippen LogP contribution is 2.25. The van der Waals surface area contributed by atoms with Crippen LogP contribution in [0, 0.1) is 6.92 Å². The zero-order valence-corrected chi connectivity index (χ0v) is 18.7. The van der Waals surface area contributed by atoms with E-state index < -0.39 is 0 Å². The van der Waals surface area contributed by atoms with Crippen molar-refractivity contribution in [2.24, 2.45) is 0 Å². The second-order valence-corrected chi connectivity index (χ2v) is 8.68. The number of benzene rings is 4. The van der Waals surface area contributed by atoms with Crippen LogP contribution in [0.1, 0.15) is 51.8 Å². The zero-order valence-electron chi connectivity index (χ0n) is 18.7. The van der Waals surface area contributed by atoms with E-state index in [1.807, 2.05) is 0 Å². The minimum absolute atomic E-state index is 0.429. The lowest BCUT2D eigenvalue weighted by Crippen LogP contribution is -1.97. The van der Waals surface area contributed by atoms with Crippen molar-refractivity contribution in [3.05, 3.63) is 142 Å². The molecule has 4 aromatic carbocycles. The maximum atomic E-state index is 2.30. The third-order valence-corrected chi connectivity index (χ3v) is 6.33. The van der Waals surface area contributed by atoms with Crippen molar-refractivity contribution in [1.82, 2.24) is 0 Å². The number of rotatable bonds is 8. The topological polar surface area (TPSA) is 0 Å². The summed E-state index contributed by atoms with van der Waals surface area (Å²) in [6.45, 7) is 4.43. The van der Waals surface area contributed by atoms with Crippen LogP contribution in [0.4, 0.5) is 0 Å². The average Bonchev–Trinajstić information content (AvgIpc) is 2.83. The van der Waals surface area contributed by atoms with Gasteiger partial charge in [0.2, 0.25) is 0 Å². The van der Waals surface area contributed by atoms with Gasteiger partial charge in [-0.1, -0.05) is 116 Å². The SMILES string of the molecule is Cc1ccc(C(C)c2ccc(CCc3ccc(CCc4ccccc4)cc3)cc2)cc1. The van der Waals surface area contributed by atoms with Crippen molar-refractivity contribution in [3.8, 4) is 0 Å². The van der Waals surface area contributed by atoms with E-state index in [4.69, 9.17) is 0 Å². The first-order valence-corrected chi connectivity index (χ1v) is 11.4. The van der Waals surface area contributed by atoms with E-state index in [1.54, 1.807) is 0 Å². The van der Waals surface area contributed by atoms with Gasteiger partial charge in [-0.05, 0) is 66.0 Å². The molecule has 4 aromatic rings. The summed E-state index contributed by atoms with van der Waals surface area (Å²) in [7, 11) is 0. The minimum Gasteiger partial charge on any atom is -0.0622 e. The third kappa shape index (κ3) is 5.95. The lowest BCUT2D eigenvalue weighted by Gasteiger charge is -2.13. The summed E-state index contributed by atoms with van der Waals surface area (Å²) in [6.07, 6.45) is 4.38. The summed E-state index contributed by atoms with van der Waals surface area (Å²) < 4.78 is 0. The van der Waals surface area contributed by atoms with E-state index >= 15 is 0 Å². The van der Waals surface area contributed by atoms with Crippen LogP contribution in [-0.2, 0) is 25.7 Å². The number of hydrogen-bond acceptors (Lipinski definition) is 0. The fourth-order valence-electron chi connectivity index (χ4n) is 4.12. The average molecular weight is 405 g/mol. The quantitative estimate of drug-likeness (QED) is 0.282. The molecular formula is C31H32. The highest BCUT2D eigenvalue weighted by atomic mass is 14.1. The third-order valence-electron chi connectivity index (χ3n) is 6.33. The summed E-state index contributed by atoms with van der Waals surface area (Å²) in [5.74, 6) is 0.429. The Hall–Kier alpha value is -3.12. The monoisotopic (exact) mass is 404 g/mol. The van der Waals surface area contributed by atoms with Crippen LogP contribution in [0.3, 0.4) is 0 Å². The second-order valence-electron chi connectivity index (χ2n) is 8.68. The van der Waals surface area contributed by atoms with Gasteiger partial charge < -0.3 is 0 Å². The molecule has 0 fully saturated rings. The summed E-state index contributed by atoms with van der Waals surface area (Å²) in [6, 6.07) is 38.0. The van der Waals surface area contributed by atoms with Crippen LogP contribution in [-0.4, -0.2) is 0 Å². The Labute approximate surface area is 187 Å². The lowest BCUT2D eigenvalue weighted by molar-refractivity contribution is 0.910. The van der Waals surface area contributed by atoms with Crippen molar-refractivity contribution in [1.29, 1.82) is 0 Å². The van der Waals surface area contributed by atoms with Gasteiger partial charge in [0.25, 0.3) is 0 Å². The first-order chi connectivity index (χ1) is 15.2. The van der Waals surface area contributed by atoms with Gasteiger partial charge >= 0.3 is 0 Å². The van der Waals surface area contributed by atoms with Gasteiger partial charge in [-0.15, -0.1) is 0 Å². The van der Waals surface area contributed by atoms with E-state index in [2.05, 4.69) is 117 Å². The van der Waals surface area contributed by atoms with Gasteiger partial charge in [0.05, 0.1) is 0 Å².